The van der Waals surface area contributed by atoms with Crippen LogP contribution in [0.1, 0.15) is 5.56 Å². The Balaban J connectivity index is 2.01. The summed E-state index contributed by atoms with van der Waals surface area (Å²) >= 11 is 0. The van der Waals surface area contributed by atoms with Crippen molar-refractivity contribution in [2.24, 2.45) is 0 Å². The molecule has 2 heterocycles. The number of ether oxygens (including phenoxy) is 1. The average Bonchev–Trinajstić information content (AvgIpc) is 2.88. The number of aromatic nitrogens is 1. The van der Waals surface area contributed by atoms with E-state index in [0.717, 1.165) is 16.5 Å². The van der Waals surface area contributed by atoms with Crippen LogP contribution in [-0.2, 0) is 0 Å². The molecule has 0 amide bonds. The molecular formula is C16H13F2NO2. The summed E-state index contributed by atoms with van der Waals surface area (Å²) in [6, 6.07) is 9.40. The van der Waals surface area contributed by atoms with Crippen LogP contribution in [-0.4, -0.2) is 18.0 Å². The van der Waals surface area contributed by atoms with Crippen molar-refractivity contribution >= 4 is 11.0 Å². The number of aryl methyl sites for hydroxylation is 1. The molecule has 0 fully saturated rings. The Morgan fingerprint density at radius 2 is 2.10 bits per heavy atom. The van der Waals surface area contributed by atoms with Gasteiger partial charge in [-0.3, -0.25) is 4.98 Å². The maximum absolute atomic E-state index is 12.3. The van der Waals surface area contributed by atoms with Crippen molar-refractivity contribution in [3.8, 4) is 17.1 Å². The molecule has 0 N–H and O–H groups in total. The van der Waals surface area contributed by atoms with Crippen molar-refractivity contribution in [3.05, 3.63) is 48.3 Å². The van der Waals surface area contributed by atoms with Crippen molar-refractivity contribution in [1.29, 1.82) is 0 Å². The zero-order valence-electron chi connectivity index (χ0n) is 11.3. The Morgan fingerprint density at radius 1 is 1.24 bits per heavy atom. The highest BCUT2D eigenvalue weighted by Crippen LogP contribution is 2.33. The molecule has 2 aromatic heterocycles. The molecule has 3 aromatic rings. The van der Waals surface area contributed by atoms with Crippen LogP contribution in [0.4, 0.5) is 8.78 Å². The van der Waals surface area contributed by atoms with Gasteiger partial charge in [-0.2, -0.15) is 0 Å². The van der Waals surface area contributed by atoms with E-state index in [1.54, 1.807) is 12.3 Å². The molecule has 0 radical (unpaired) electrons. The molecular weight excluding hydrogens is 276 g/mol. The first-order valence-electron chi connectivity index (χ1n) is 6.49. The van der Waals surface area contributed by atoms with Gasteiger partial charge < -0.3 is 9.15 Å². The van der Waals surface area contributed by atoms with Gasteiger partial charge in [-0.25, -0.2) is 8.78 Å². The topological polar surface area (TPSA) is 35.3 Å². The first-order valence-corrected chi connectivity index (χ1v) is 6.49. The first-order chi connectivity index (χ1) is 10.1. The van der Waals surface area contributed by atoms with E-state index in [2.05, 4.69) is 4.98 Å². The molecule has 0 atom stereocenters. The average molecular weight is 289 g/mol. The maximum Gasteiger partial charge on any atom is 0.272 e. The summed E-state index contributed by atoms with van der Waals surface area (Å²) < 4.78 is 35.5. The van der Waals surface area contributed by atoms with E-state index >= 15 is 0 Å². The molecule has 0 saturated carbocycles. The molecule has 21 heavy (non-hydrogen) atoms. The quantitative estimate of drug-likeness (QED) is 0.712. The van der Waals surface area contributed by atoms with Crippen LogP contribution in [0.3, 0.4) is 0 Å². The fourth-order valence-electron chi connectivity index (χ4n) is 2.15. The van der Waals surface area contributed by atoms with Gasteiger partial charge in [0.25, 0.3) is 6.43 Å². The van der Waals surface area contributed by atoms with E-state index in [9.17, 15) is 8.78 Å². The highest BCUT2D eigenvalue weighted by Gasteiger charge is 2.13. The highest BCUT2D eigenvalue weighted by atomic mass is 19.3. The molecule has 3 nitrogen and oxygen atoms in total. The molecule has 0 aliphatic carbocycles. The monoisotopic (exact) mass is 289 g/mol. The SMILES string of the molecule is Cc1ccc2oc(-c3ccncc3OCC(F)F)cc2c1. The van der Waals surface area contributed by atoms with Crippen molar-refractivity contribution in [1.82, 2.24) is 4.98 Å². The number of benzene rings is 1. The van der Waals surface area contributed by atoms with E-state index in [1.807, 2.05) is 31.2 Å². The summed E-state index contributed by atoms with van der Waals surface area (Å²) in [7, 11) is 0. The third kappa shape index (κ3) is 2.86. The van der Waals surface area contributed by atoms with Crippen molar-refractivity contribution in [3.63, 3.8) is 0 Å². The number of hydrogen-bond acceptors (Lipinski definition) is 3. The third-order valence-corrected chi connectivity index (χ3v) is 3.09. The summed E-state index contributed by atoms with van der Waals surface area (Å²) in [5.41, 5.74) is 2.48. The molecule has 0 saturated heterocycles. The molecule has 1 aromatic carbocycles. The van der Waals surface area contributed by atoms with Gasteiger partial charge in [0.2, 0.25) is 0 Å². The lowest BCUT2D eigenvalue weighted by atomic mass is 10.1. The van der Waals surface area contributed by atoms with Gasteiger partial charge in [-0.15, -0.1) is 0 Å². The predicted octanol–water partition coefficient (Wildman–Crippen LogP) is 4.45. The van der Waals surface area contributed by atoms with Gasteiger partial charge in [0.05, 0.1) is 11.8 Å². The number of pyridine rings is 1. The number of halogens is 2. The Bertz CT molecular complexity index is 768. The second kappa shape index (κ2) is 5.52. The van der Waals surface area contributed by atoms with Crippen LogP contribution in [0.25, 0.3) is 22.3 Å². The van der Waals surface area contributed by atoms with E-state index in [0.29, 0.717) is 11.3 Å². The van der Waals surface area contributed by atoms with Crippen LogP contribution in [0, 0.1) is 6.92 Å². The normalized spacial score (nSPS) is 11.2. The van der Waals surface area contributed by atoms with Crippen LogP contribution in [0.5, 0.6) is 5.75 Å². The number of furan rings is 1. The second-order valence-corrected chi connectivity index (χ2v) is 4.73. The van der Waals surface area contributed by atoms with E-state index in [1.165, 1.54) is 6.20 Å². The Morgan fingerprint density at radius 3 is 2.90 bits per heavy atom. The summed E-state index contributed by atoms with van der Waals surface area (Å²) in [6.07, 6.45) is 0.454. The largest absolute Gasteiger partial charge is 0.485 e. The van der Waals surface area contributed by atoms with E-state index < -0.39 is 13.0 Å². The predicted molar refractivity (Wildman–Crippen MR) is 75.7 cm³/mol. The van der Waals surface area contributed by atoms with Crippen LogP contribution in [0.2, 0.25) is 0 Å². The molecule has 5 heteroatoms. The van der Waals surface area contributed by atoms with Gasteiger partial charge in [-0.1, -0.05) is 11.6 Å². The Kier molecular flexibility index (Phi) is 3.56. The fourth-order valence-corrected chi connectivity index (χ4v) is 2.15. The van der Waals surface area contributed by atoms with Gasteiger partial charge in [0.1, 0.15) is 23.7 Å². The summed E-state index contributed by atoms with van der Waals surface area (Å²) in [6.45, 7) is 1.33. The number of rotatable bonds is 4. The highest BCUT2D eigenvalue weighted by molar-refractivity contribution is 5.84. The lowest BCUT2D eigenvalue weighted by Gasteiger charge is -2.08. The molecule has 108 valence electrons. The third-order valence-electron chi connectivity index (χ3n) is 3.09. The van der Waals surface area contributed by atoms with E-state index in [-0.39, 0.29) is 5.75 Å². The van der Waals surface area contributed by atoms with Crippen LogP contribution >= 0.6 is 0 Å². The standard InChI is InChI=1S/C16H13F2NO2/c1-10-2-3-13-11(6-10)7-14(21-13)12-4-5-19-8-15(12)20-9-16(17)18/h2-8,16H,9H2,1H3. The minimum atomic E-state index is -2.53. The van der Waals surface area contributed by atoms with Crippen LogP contribution in [0.15, 0.2) is 47.1 Å². The lowest BCUT2D eigenvalue weighted by molar-refractivity contribution is 0.0819. The zero-order valence-corrected chi connectivity index (χ0v) is 11.3. The Labute approximate surface area is 120 Å². The number of hydrogen-bond donors (Lipinski definition) is 0. The summed E-state index contributed by atoms with van der Waals surface area (Å²) in [5, 5.41) is 0.960. The number of alkyl halides is 2. The minimum absolute atomic E-state index is 0.286. The molecule has 0 aliphatic heterocycles. The smallest absolute Gasteiger partial charge is 0.272 e. The van der Waals surface area contributed by atoms with Gasteiger partial charge in [0, 0.05) is 11.6 Å². The molecule has 0 unspecified atom stereocenters. The van der Waals surface area contributed by atoms with E-state index in [4.69, 9.17) is 9.15 Å². The van der Waals surface area contributed by atoms with Crippen molar-refractivity contribution < 1.29 is 17.9 Å². The van der Waals surface area contributed by atoms with Crippen LogP contribution < -0.4 is 4.74 Å². The fraction of sp³-hybridized carbons (Fsp3) is 0.188. The first kappa shape index (κ1) is 13.5. The molecule has 0 bridgehead atoms. The number of nitrogens with zero attached hydrogens (tertiary/aromatic N) is 1. The van der Waals surface area contributed by atoms with Gasteiger partial charge in [0.15, 0.2) is 0 Å². The minimum Gasteiger partial charge on any atom is -0.485 e. The van der Waals surface area contributed by atoms with Gasteiger partial charge >= 0.3 is 0 Å². The molecule has 0 aliphatic rings. The Hall–Kier alpha value is -2.43. The van der Waals surface area contributed by atoms with Crippen molar-refractivity contribution in [2.45, 2.75) is 13.3 Å². The van der Waals surface area contributed by atoms with Gasteiger partial charge in [-0.05, 0) is 31.2 Å². The molecule has 0 spiro atoms. The lowest BCUT2D eigenvalue weighted by Crippen LogP contribution is -2.07. The second-order valence-electron chi connectivity index (χ2n) is 4.73. The number of fused-ring (bicyclic) bond motifs is 1. The zero-order chi connectivity index (χ0) is 14.8. The molecule has 3 rings (SSSR count). The maximum atomic E-state index is 12.3. The summed E-state index contributed by atoms with van der Waals surface area (Å²) in [5.74, 6) is 0.857. The summed E-state index contributed by atoms with van der Waals surface area (Å²) in [4.78, 5) is 3.91. The van der Waals surface area contributed by atoms with Crippen molar-refractivity contribution in [2.75, 3.05) is 6.61 Å².